The number of nitrogens with one attached hydrogen (secondary N) is 2. The number of hydrogen-bond donors (Lipinski definition) is 2. The third-order valence-corrected chi connectivity index (χ3v) is 2.16. The van der Waals surface area contributed by atoms with Gasteiger partial charge in [0, 0.05) is 11.0 Å². The van der Waals surface area contributed by atoms with E-state index in [9.17, 15) is 0 Å². The SMILES string of the molecule is C=C(Br)CNc1nc(Cl)nc2nc[nH]c12. The molecule has 0 unspecified atom stereocenters. The second-order valence-electron chi connectivity index (χ2n) is 2.81. The molecule has 0 radical (unpaired) electrons. The largest absolute Gasteiger partial charge is 0.364 e. The third-order valence-electron chi connectivity index (χ3n) is 1.71. The number of rotatable bonds is 3. The van der Waals surface area contributed by atoms with Crippen molar-refractivity contribution in [3.63, 3.8) is 0 Å². The van der Waals surface area contributed by atoms with Crippen LogP contribution in [0.15, 0.2) is 17.4 Å². The Labute approximate surface area is 99.1 Å². The lowest BCUT2D eigenvalue weighted by molar-refractivity contribution is 1.17. The highest BCUT2D eigenvalue weighted by molar-refractivity contribution is 9.11. The summed E-state index contributed by atoms with van der Waals surface area (Å²) in [5, 5.41) is 3.22. The Morgan fingerprint density at radius 1 is 1.60 bits per heavy atom. The molecule has 2 N–H and O–H groups in total. The first kappa shape index (κ1) is 10.4. The van der Waals surface area contributed by atoms with Crippen molar-refractivity contribution >= 4 is 44.5 Å². The van der Waals surface area contributed by atoms with Crippen molar-refractivity contribution in [2.24, 2.45) is 0 Å². The predicted octanol–water partition coefficient (Wildman–Crippen LogP) is 2.33. The smallest absolute Gasteiger partial charge is 0.226 e. The number of halogens is 2. The zero-order valence-corrected chi connectivity index (χ0v) is 9.93. The molecule has 0 amide bonds. The van der Waals surface area contributed by atoms with E-state index in [1.54, 1.807) is 6.33 Å². The van der Waals surface area contributed by atoms with Crippen molar-refractivity contribution in [1.29, 1.82) is 0 Å². The molecule has 0 fully saturated rings. The molecule has 2 aromatic heterocycles. The third kappa shape index (κ3) is 2.27. The van der Waals surface area contributed by atoms with Crippen LogP contribution in [0, 0.1) is 0 Å². The fourth-order valence-corrected chi connectivity index (χ4v) is 1.42. The summed E-state index contributed by atoms with van der Waals surface area (Å²) in [5.74, 6) is 0.614. The number of aromatic amines is 1. The van der Waals surface area contributed by atoms with Gasteiger partial charge in [-0.1, -0.05) is 22.5 Å². The lowest BCUT2D eigenvalue weighted by Crippen LogP contribution is -2.04. The molecule has 5 nitrogen and oxygen atoms in total. The molecular formula is C8H7BrClN5. The van der Waals surface area contributed by atoms with Gasteiger partial charge in [0.2, 0.25) is 5.28 Å². The summed E-state index contributed by atoms with van der Waals surface area (Å²) in [7, 11) is 0. The lowest BCUT2D eigenvalue weighted by atomic mass is 10.5. The van der Waals surface area contributed by atoms with Gasteiger partial charge in [0.25, 0.3) is 0 Å². The number of anilines is 1. The summed E-state index contributed by atoms with van der Waals surface area (Å²) in [6, 6.07) is 0. The average Bonchev–Trinajstić information content (AvgIpc) is 2.61. The molecule has 0 aliphatic carbocycles. The summed E-state index contributed by atoms with van der Waals surface area (Å²) in [4.78, 5) is 15.0. The molecule has 2 aromatic rings. The Bertz CT molecular complexity index is 509. The number of nitrogens with zero attached hydrogens (tertiary/aromatic N) is 3. The number of hydrogen-bond acceptors (Lipinski definition) is 4. The Hall–Kier alpha value is -1.14. The number of aromatic nitrogens is 4. The Morgan fingerprint density at radius 3 is 3.13 bits per heavy atom. The van der Waals surface area contributed by atoms with Crippen LogP contribution in [0.3, 0.4) is 0 Å². The van der Waals surface area contributed by atoms with Gasteiger partial charge in [-0.25, -0.2) is 4.98 Å². The van der Waals surface area contributed by atoms with Gasteiger partial charge in [0.05, 0.1) is 6.33 Å². The Balaban J connectivity index is 2.39. The Morgan fingerprint density at radius 2 is 2.40 bits per heavy atom. The maximum atomic E-state index is 5.75. The van der Waals surface area contributed by atoms with Gasteiger partial charge < -0.3 is 10.3 Å². The topological polar surface area (TPSA) is 66.5 Å². The van der Waals surface area contributed by atoms with E-state index in [0.717, 1.165) is 10.00 Å². The molecular weight excluding hydrogens is 281 g/mol. The van der Waals surface area contributed by atoms with Gasteiger partial charge in [-0.3, -0.25) is 0 Å². The van der Waals surface area contributed by atoms with Crippen molar-refractivity contribution < 1.29 is 0 Å². The van der Waals surface area contributed by atoms with Crippen LogP contribution in [-0.4, -0.2) is 26.5 Å². The summed E-state index contributed by atoms with van der Waals surface area (Å²) in [6.45, 7) is 4.27. The van der Waals surface area contributed by atoms with Gasteiger partial charge in [-0.05, 0) is 11.6 Å². The van der Waals surface area contributed by atoms with E-state index < -0.39 is 0 Å². The highest BCUT2D eigenvalue weighted by Crippen LogP contribution is 2.18. The molecule has 7 heteroatoms. The van der Waals surface area contributed by atoms with Crippen LogP contribution in [0.2, 0.25) is 5.28 Å². The van der Waals surface area contributed by atoms with Gasteiger partial charge in [-0.15, -0.1) is 0 Å². The lowest BCUT2D eigenvalue weighted by Gasteiger charge is -2.04. The summed E-state index contributed by atoms with van der Waals surface area (Å²) in [6.07, 6.45) is 1.55. The molecule has 2 rings (SSSR count). The molecule has 0 aromatic carbocycles. The highest BCUT2D eigenvalue weighted by Gasteiger charge is 2.07. The van der Waals surface area contributed by atoms with Gasteiger partial charge in [-0.2, -0.15) is 9.97 Å². The quantitative estimate of drug-likeness (QED) is 0.851. The zero-order valence-electron chi connectivity index (χ0n) is 7.59. The van der Waals surface area contributed by atoms with Crippen LogP contribution in [0.1, 0.15) is 0 Å². The Kier molecular flexibility index (Phi) is 2.88. The van der Waals surface area contributed by atoms with E-state index in [4.69, 9.17) is 11.6 Å². The monoisotopic (exact) mass is 287 g/mol. The fourth-order valence-electron chi connectivity index (χ4n) is 1.11. The van der Waals surface area contributed by atoms with Crippen molar-refractivity contribution in [3.05, 3.63) is 22.7 Å². The zero-order chi connectivity index (χ0) is 10.8. The van der Waals surface area contributed by atoms with Crippen molar-refractivity contribution in [1.82, 2.24) is 19.9 Å². The normalized spacial score (nSPS) is 10.5. The maximum Gasteiger partial charge on any atom is 0.226 e. The fraction of sp³-hybridized carbons (Fsp3) is 0.125. The molecule has 0 spiro atoms. The van der Waals surface area contributed by atoms with Gasteiger partial charge in [0.15, 0.2) is 11.5 Å². The first-order valence-electron chi connectivity index (χ1n) is 4.10. The van der Waals surface area contributed by atoms with E-state index in [0.29, 0.717) is 18.0 Å². The van der Waals surface area contributed by atoms with E-state index in [1.807, 2.05) is 0 Å². The molecule has 0 aliphatic heterocycles. The van der Waals surface area contributed by atoms with E-state index >= 15 is 0 Å². The maximum absolute atomic E-state index is 5.75. The summed E-state index contributed by atoms with van der Waals surface area (Å²) < 4.78 is 0.824. The van der Waals surface area contributed by atoms with E-state index in [-0.39, 0.29) is 5.28 Å². The first-order chi connectivity index (χ1) is 7.16. The predicted molar refractivity (Wildman–Crippen MR) is 63.3 cm³/mol. The minimum Gasteiger partial charge on any atom is -0.364 e. The number of fused-ring (bicyclic) bond motifs is 1. The van der Waals surface area contributed by atoms with E-state index in [2.05, 4.69) is 47.8 Å². The molecule has 78 valence electrons. The molecule has 15 heavy (non-hydrogen) atoms. The standard InChI is InChI=1S/C8H7BrClN5/c1-4(9)2-11-6-5-7(13-3-12-5)15-8(10)14-6/h3H,1-2H2,(H2,11,12,13,14,15). The number of imidazole rings is 1. The van der Waals surface area contributed by atoms with Crippen molar-refractivity contribution in [2.75, 3.05) is 11.9 Å². The first-order valence-corrected chi connectivity index (χ1v) is 5.27. The van der Waals surface area contributed by atoms with Gasteiger partial charge >= 0.3 is 0 Å². The van der Waals surface area contributed by atoms with Crippen molar-refractivity contribution in [3.8, 4) is 0 Å². The van der Waals surface area contributed by atoms with E-state index in [1.165, 1.54) is 0 Å². The molecule has 0 saturated carbocycles. The summed E-state index contributed by atoms with van der Waals surface area (Å²) in [5.41, 5.74) is 1.27. The minimum atomic E-state index is 0.164. The molecule has 2 heterocycles. The minimum absolute atomic E-state index is 0.164. The van der Waals surface area contributed by atoms with Crippen LogP contribution in [0.4, 0.5) is 5.82 Å². The molecule has 0 atom stereocenters. The van der Waals surface area contributed by atoms with Crippen LogP contribution in [-0.2, 0) is 0 Å². The van der Waals surface area contributed by atoms with Crippen LogP contribution >= 0.6 is 27.5 Å². The molecule has 0 aliphatic rings. The molecule has 0 saturated heterocycles. The van der Waals surface area contributed by atoms with Gasteiger partial charge in [0.1, 0.15) is 5.52 Å². The van der Waals surface area contributed by atoms with Crippen LogP contribution in [0.5, 0.6) is 0 Å². The number of H-pyrrole nitrogens is 1. The van der Waals surface area contributed by atoms with Crippen molar-refractivity contribution in [2.45, 2.75) is 0 Å². The second-order valence-corrected chi connectivity index (χ2v) is 4.27. The molecule has 0 bridgehead atoms. The second kappa shape index (κ2) is 4.16. The van der Waals surface area contributed by atoms with Crippen LogP contribution < -0.4 is 5.32 Å². The van der Waals surface area contributed by atoms with Crippen LogP contribution in [0.25, 0.3) is 11.2 Å². The average molecular weight is 289 g/mol. The summed E-state index contributed by atoms with van der Waals surface area (Å²) >= 11 is 8.99. The highest BCUT2D eigenvalue weighted by atomic mass is 79.9.